The maximum Gasteiger partial charge on any atom is 0.191 e. The van der Waals surface area contributed by atoms with Crippen molar-refractivity contribution in [2.24, 2.45) is 16.8 Å². The molecule has 0 aromatic heterocycles. The standard InChI is InChI=1S/C19H37N3O2/c1-3-20-19(22-18-7-4-6-16(2)14-18)21-10-5-11-24-15-17-8-12-23-13-9-17/h16-18H,3-15H2,1-2H3,(H2,20,21,22). The van der Waals surface area contributed by atoms with Gasteiger partial charge < -0.3 is 20.1 Å². The molecule has 0 bridgehead atoms. The van der Waals surface area contributed by atoms with Gasteiger partial charge in [0.2, 0.25) is 0 Å². The monoisotopic (exact) mass is 339 g/mol. The molecule has 0 amide bonds. The number of ether oxygens (including phenoxy) is 2. The van der Waals surface area contributed by atoms with Crippen molar-refractivity contribution >= 4 is 5.96 Å². The number of aliphatic imine (C=N–C) groups is 1. The predicted molar refractivity (Wildman–Crippen MR) is 99.5 cm³/mol. The van der Waals surface area contributed by atoms with Crippen LogP contribution in [0.1, 0.15) is 58.8 Å². The van der Waals surface area contributed by atoms with E-state index in [1.54, 1.807) is 0 Å². The summed E-state index contributed by atoms with van der Waals surface area (Å²) in [6, 6.07) is 0.580. The van der Waals surface area contributed by atoms with Gasteiger partial charge in [-0.25, -0.2) is 0 Å². The maximum atomic E-state index is 5.81. The zero-order valence-electron chi connectivity index (χ0n) is 15.7. The van der Waals surface area contributed by atoms with E-state index in [1.165, 1.54) is 25.7 Å². The van der Waals surface area contributed by atoms with Crippen molar-refractivity contribution in [3.8, 4) is 0 Å². The van der Waals surface area contributed by atoms with Crippen molar-refractivity contribution in [2.75, 3.05) is 39.5 Å². The van der Waals surface area contributed by atoms with Crippen LogP contribution < -0.4 is 10.6 Å². The molecule has 2 fully saturated rings. The molecule has 1 aliphatic heterocycles. The van der Waals surface area contributed by atoms with Crippen LogP contribution in [-0.2, 0) is 9.47 Å². The van der Waals surface area contributed by atoms with Crippen molar-refractivity contribution in [3.63, 3.8) is 0 Å². The summed E-state index contributed by atoms with van der Waals surface area (Å²) in [4.78, 5) is 4.71. The third-order valence-corrected chi connectivity index (χ3v) is 5.03. The lowest BCUT2D eigenvalue weighted by Gasteiger charge is -2.28. The van der Waals surface area contributed by atoms with Crippen LogP contribution in [0.25, 0.3) is 0 Å². The Labute approximate surface area is 148 Å². The summed E-state index contributed by atoms with van der Waals surface area (Å²) in [5, 5.41) is 6.99. The molecule has 0 aromatic rings. The minimum atomic E-state index is 0.580. The van der Waals surface area contributed by atoms with E-state index < -0.39 is 0 Å². The van der Waals surface area contributed by atoms with E-state index in [9.17, 15) is 0 Å². The van der Waals surface area contributed by atoms with Crippen LogP contribution in [0.3, 0.4) is 0 Å². The fourth-order valence-electron chi connectivity index (χ4n) is 3.60. The van der Waals surface area contributed by atoms with Gasteiger partial charge in [0.15, 0.2) is 5.96 Å². The second kappa shape index (κ2) is 11.7. The van der Waals surface area contributed by atoms with Gasteiger partial charge in [-0.1, -0.05) is 19.8 Å². The predicted octanol–water partition coefficient (Wildman–Crippen LogP) is 2.95. The highest BCUT2D eigenvalue weighted by molar-refractivity contribution is 5.80. The zero-order chi connectivity index (χ0) is 17.0. The second-order valence-corrected chi connectivity index (χ2v) is 7.36. The first-order chi connectivity index (χ1) is 11.8. The minimum absolute atomic E-state index is 0.580. The van der Waals surface area contributed by atoms with Crippen LogP contribution in [0, 0.1) is 11.8 Å². The summed E-state index contributed by atoms with van der Waals surface area (Å²) in [7, 11) is 0. The van der Waals surface area contributed by atoms with Gasteiger partial charge in [-0.2, -0.15) is 0 Å². The lowest BCUT2D eigenvalue weighted by molar-refractivity contribution is 0.0205. The Morgan fingerprint density at radius 2 is 2.04 bits per heavy atom. The number of hydrogen-bond donors (Lipinski definition) is 2. The molecule has 140 valence electrons. The Bertz CT molecular complexity index is 357. The van der Waals surface area contributed by atoms with E-state index in [0.717, 1.165) is 70.7 Å². The van der Waals surface area contributed by atoms with E-state index >= 15 is 0 Å². The molecule has 0 aromatic carbocycles. The summed E-state index contributed by atoms with van der Waals surface area (Å²) < 4.78 is 11.2. The SMILES string of the molecule is CCNC(=NCCCOCC1CCOCC1)NC1CCCC(C)C1. The van der Waals surface area contributed by atoms with Crippen molar-refractivity contribution in [2.45, 2.75) is 64.8 Å². The minimum Gasteiger partial charge on any atom is -0.381 e. The van der Waals surface area contributed by atoms with Crippen LogP contribution in [0.4, 0.5) is 0 Å². The lowest BCUT2D eigenvalue weighted by Crippen LogP contribution is -2.45. The Morgan fingerprint density at radius 3 is 2.79 bits per heavy atom. The molecule has 5 nitrogen and oxygen atoms in total. The van der Waals surface area contributed by atoms with Crippen molar-refractivity contribution < 1.29 is 9.47 Å². The van der Waals surface area contributed by atoms with Crippen LogP contribution in [-0.4, -0.2) is 51.5 Å². The van der Waals surface area contributed by atoms with Crippen molar-refractivity contribution in [1.82, 2.24) is 10.6 Å². The molecule has 1 aliphatic carbocycles. The van der Waals surface area contributed by atoms with E-state index in [4.69, 9.17) is 14.5 Å². The molecule has 2 N–H and O–H groups in total. The third kappa shape index (κ3) is 7.84. The molecule has 1 saturated heterocycles. The summed E-state index contributed by atoms with van der Waals surface area (Å²) in [6.07, 6.45) is 8.51. The van der Waals surface area contributed by atoms with E-state index in [-0.39, 0.29) is 0 Å². The summed E-state index contributed by atoms with van der Waals surface area (Å²) in [5.41, 5.74) is 0. The van der Waals surface area contributed by atoms with Gasteiger partial charge in [-0.15, -0.1) is 0 Å². The molecule has 2 rings (SSSR count). The topological polar surface area (TPSA) is 54.9 Å². The van der Waals surface area contributed by atoms with Gasteiger partial charge >= 0.3 is 0 Å². The van der Waals surface area contributed by atoms with Gasteiger partial charge in [0, 0.05) is 45.6 Å². The van der Waals surface area contributed by atoms with E-state index in [1.807, 2.05) is 0 Å². The number of guanidine groups is 1. The Kier molecular flexibility index (Phi) is 9.51. The molecule has 2 atom stereocenters. The zero-order valence-corrected chi connectivity index (χ0v) is 15.7. The third-order valence-electron chi connectivity index (χ3n) is 5.03. The Balaban J connectivity index is 1.59. The van der Waals surface area contributed by atoms with Crippen molar-refractivity contribution in [3.05, 3.63) is 0 Å². The molecule has 0 spiro atoms. The Hall–Kier alpha value is -0.810. The van der Waals surface area contributed by atoms with Gasteiger partial charge in [0.1, 0.15) is 0 Å². The van der Waals surface area contributed by atoms with Gasteiger partial charge in [0.05, 0.1) is 0 Å². The molecule has 24 heavy (non-hydrogen) atoms. The first-order valence-corrected chi connectivity index (χ1v) is 9.98. The average Bonchev–Trinajstić information content (AvgIpc) is 2.59. The van der Waals surface area contributed by atoms with E-state index in [2.05, 4.69) is 24.5 Å². The van der Waals surface area contributed by atoms with Crippen LogP contribution in [0.5, 0.6) is 0 Å². The lowest BCUT2D eigenvalue weighted by atomic mass is 9.87. The molecule has 1 heterocycles. The number of nitrogens with one attached hydrogen (secondary N) is 2. The largest absolute Gasteiger partial charge is 0.381 e. The quantitative estimate of drug-likeness (QED) is 0.405. The van der Waals surface area contributed by atoms with Gasteiger partial charge in [-0.05, 0) is 50.9 Å². The fourth-order valence-corrected chi connectivity index (χ4v) is 3.60. The highest BCUT2D eigenvalue weighted by Crippen LogP contribution is 2.23. The highest BCUT2D eigenvalue weighted by atomic mass is 16.5. The molecule has 2 aliphatic rings. The molecular formula is C19H37N3O2. The summed E-state index contributed by atoms with van der Waals surface area (Å²) >= 11 is 0. The first kappa shape index (κ1) is 19.5. The molecule has 0 radical (unpaired) electrons. The number of hydrogen-bond acceptors (Lipinski definition) is 3. The first-order valence-electron chi connectivity index (χ1n) is 9.98. The van der Waals surface area contributed by atoms with Crippen LogP contribution in [0.2, 0.25) is 0 Å². The van der Waals surface area contributed by atoms with Crippen LogP contribution >= 0.6 is 0 Å². The van der Waals surface area contributed by atoms with Gasteiger partial charge in [-0.3, -0.25) is 4.99 Å². The summed E-state index contributed by atoms with van der Waals surface area (Å²) in [5.74, 6) is 2.49. The van der Waals surface area contributed by atoms with Crippen LogP contribution in [0.15, 0.2) is 4.99 Å². The molecule has 2 unspecified atom stereocenters. The maximum absolute atomic E-state index is 5.81. The smallest absolute Gasteiger partial charge is 0.191 e. The van der Waals surface area contributed by atoms with E-state index in [0.29, 0.717) is 12.0 Å². The number of rotatable bonds is 8. The molecule has 5 heteroatoms. The average molecular weight is 340 g/mol. The summed E-state index contributed by atoms with van der Waals surface area (Å²) in [6.45, 7) is 9.70. The molecular weight excluding hydrogens is 302 g/mol. The fraction of sp³-hybridized carbons (Fsp3) is 0.947. The second-order valence-electron chi connectivity index (χ2n) is 7.36. The highest BCUT2D eigenvalue weighted by Gasteiger charge is 2.19. The molecule has 1 saturated carbocycles. The van der Waals surface area contributed by atoms with Crippen molar-refractivity contribution in [1.29, 1.82) is 0 Å². The van der Waals surface area contributed by atoms with Gasteiger partial charge in [0.25, 0.3) is 0 Å². The number of nitrogens with zero attached hydrogens (tertiary/aromatic N) is 1. The normalized spacial score (nSPS) is 26.3. The Morgan fingerprint density at radius 1 is 1.21 bits per heavy atom.